The average molecular weight is 330 g/mol. The first-order valence-corrected chi connectivity index (χ1v) is 8.67. The zero-order valence-corrected chi connectivity index (χ0v) is 13.6. The highest BCUT2D eigenvalue weighted by molar-refractivity contribution is 5.89. The number of benzene rings is 1. The molecule has 0 aromatic heterocycles. The number of fused-ring (bicyclic) bond motifs is 1. The maximum atomic E-state index is 12.5. The quantitative estimate of drug-likeness (QED) is 0.914. The molecule has 6 heteroatoms. The molecule has 3 aliphatic rings. The van der Waals surface area contributed by atoms with Gasteiger partial charge in [-0.25, -0.2) is 0 Å². The Labute approximate surface area is 141 Å². The molecule has 6 nitrogen and oxygen atoms in total. The average Bonchev–Trinajstić information content (AvgIpc) is 3.31. The molecule has 1 saturated heterocycles. The molecule has 128 valence electrons. The molecular weight excluding hydrogens is 308 g/mol. The number of ether oxygens (including phenoxy) is 2. The molecule has 24 heavy (non-hydrogen) atoms. The van der Waals surface area contributed by atoms with Gasteiger partial charge in [-0.15, -0.1) is 0 Å². The zero-order chi connectivity index (χ0) is 16.5. The van der Waals surface area contributed by atoms with Gasteiger partial charge in [-0.05, 0) is 18.9 Å². The van der Waals surface area contributed by atoms with Crippen LogP contribution in [-0.2, 0) is 16.1 Å². The van der Waals surface area contributed by atoms with Gasteiger partial charge in [0.05, 0.1) is 5.92 Å². The van der Waals surface area contributed by atoms with Crippen molar-refractivity contribution in [3.63, 3.8) is 0 Å². The van der Waals surface area contributed by atoms with E-state index in [1.807, 2.05) is 23.1 Å². The number of likely N-dealkylation sites (tertiary alicyclic amines) is 1. The first-order valence-electron chi connectivity index (χ1n) is 8.67. The monoisotopic (exact) mass is 330 g/mol. The molecule has 1 N–H and O–H groups in total. The molecule has 1 atom stereocenters. The van der Waals surface area contributed by atoms with Crippen molar-refractivity contribution < 1.29 is 19.1 Å². The van der Waals surface area contributed by atoms with Crippen molar-refractivity contribution in [1.82, 2.24) is 10.2 Å². The van der Waals surface area contributed by atoms with Crippen LogP contribution >= 0.6 is 0 Å². The Morgan fingerprint density at radius 1 is 1.25 bits per heavy atom. The molecule has 1 saturated carbocycles. The van der Waals surface area contributed by atoms with Crippen molar-refractivity contribution in [2.75, 3.05) is 13.3 Å². The van der Waals surface area contributed by atoms with E-state index >= 15 is 0 Å². The van der Waals surface area contributed by atoms with Gasteiger partial charge in [0, 0.05) is 31.1 Å². The number of amides is 2. The molecule has 0 spiro atoms. The van der Waals surface area contributed by atoms with Crippen LogP contribution in [0.5, 0.6) is 11.5 Å². The van der Waals surface area contributed by atoms with Crippen LogP contribution in [0.2, 0.25) is 0 Å². The van der Waals surface area contributed by atoms with Crippen molar-refractivity contribution in [2.45, 2.75) is 44.7 Å². The first-order chi connectivity index (χ1) is 11.7. The Morgan fingerprint density at radius 2 is 2.08 bits per heavy atom. The van der Waals surface area contributed by atoms with Crippen molar-refractivity contribution in [3.8, 4) is 11.5 Å². The third-order valence-corrected chi connectivity index (χ3v) is 5.23. The largest absolute Gasteiger partial charge is 0.454 e. The van der Waals surface area contributed by atoms with E-state index in [-0.39, 0.29) is 24.5 Å². The lowest BCUT2D eigenvalue weighted by molar-refractivity contribution is -0.130. The molecule has 1 aliphatic carbocycles. The number of carbonyl (C=O) groups excluding carboxylic acids is 2. The maximum Gasteiger partial charge on any atom is 0.231 e. The zero-order valence-electron chi connectivity index (χ0n) is 13.6. The highest BCUT2D eigenvalue weighted by Crippen LogP contribution is 2.35. The van der Waals surface area contributed by atoms with Gasteiger partial charge < -0.3 is 19.7 Å². The Bertz CT molecular complexity index is 654. The Hall–Kier alpha value is -2.24. The second kappa shape index (κ2) is 6.34. The fourth-order valence-corrected chi connectivity index (χ4v) is 3.93. The third kappa shape index (κ3) is 2.81. The van der Waals surface area contributed by atoms with E-state index in [2.05, 4.69) is 5.32 Å². The predicted molar refractivity (Wildman–Crippen MR) is 86.5 cm³/mol. The van der Waals surface area contributed by atoms with Gasteiger partial charge in [-0.1, -0.05) is 25.0 Å². The molecule has 2 aliphatic heterocycles. The van der Waals surface area contributed by atoms with Gasteiger partial charge in [0.15, 0.2) is 11.5 Å². The van der Waals surface area contributed by atoms with E-state index in [9.17, 15) is 9.59 Å². The summed E-state index contributed by atoms with van der Waals surface area (Å²) in [5.74, 6) is 1.24. The van der Waals surface area contributed by atoms with Gasteiger partial charge in [0.1, 0.15) is 0 Å². The summed E-state index contributed by atoms with van der Waals surface area (Å²) in [4.78, 5) is 26.6. The lowest BCUT2D eigenvalue weighted by Gasteiger charge is -2.23. The third-order valence-electron chi connectivity index (χ3n) is 5.23. The van der Waals surface area contributed by atoms with Crippen molar-refractivity contribution in [2.24, 2.45) is 5.92 Å². The highest BCUT2D eigenvalue weighted by Gasteiger charge is 2.38. The summed E-state index contributed by atoms with van der Waals surface area (Å²) in [7, 11) is 0. The van der Waals surface area contributed by atoms with Gasteiger partial charge in [0.25, 0.3) is 0 Å². The molecule has 0 bridgehead atoms. The normalized spacial score (nSPS) is 23.1. The van der Waals surface area contributed by atoms with Crippen LogP contribution in [0.3, 0.4) is 0 Å². The second-order valence-corrected chi connectivity index (χ2v) is 6.75. The maximum absolute atomic E-state index is 12.5. The molecule has 2 heterocycles. The standard InChI is InChI=1S/C18H22N2O4/c21-16-8-13(10-20(16)14-5-1-2-6-14)18(22)19-9-12-4-3-7-15-17(12)24-11-23-15/h3-4,7,13-14H,1-2,5-6,8-11H2,(H,19,22). The SMILES string of the molecule is O=C(NCc1cccc2c1OCO2)C1CC(=O)N(C2CCCC2)C1. The first kappa shape index (κ1) is 15.3. The minimum Gasteiger partial charge on any atom is -0.454 e. The van der Waals surface area contributed by atoms with Crippen LogP contribution in [-0.4, -0.2) is 36.1 Å². The smallest absolute Gasteiger partial charge is 0.231 e. The summed E-state index contributed by atoms with van der Waals surface area (Å²) in [5.41, 5.74) is 0.898. The molecule has 0 radical (unpaired) electrons. The molecule has 1 aromatic carbocycles. The lowest BCUT2D eigenvalue weighted by Crippen LogP contribution is -2.36. The summed E-state index contributed by atoms with van der Waals surface area (Å²) < 4.78 is 10.8. The molecule has 4 rings (SSSR count). The van der Waals surface area contributed by atoms with Crippen molar-refractivity contribution >= 4 is 11.8 Å². The van der Waals surface area contributed by atoms with Gasteiger partial charge >= 0.3 is 0 Å². The minimum atomic E-state index is -0.243. The predicted octanol–water partition coefficient (Wildman–Crippen LogP) is 1.82. The van der Waals surface area contributed by atoms with E-state index in [0.29, 0.717) is 37.1 Å². The van der Waals surface area contributed by atoms with E-state index in [0.717, 1.165) is 18.4 Å². The van der Waals surface area contributed by atoms with Crippen molar-refractivity contribution in [1.29, 1.82) is 0 Å². The highest BCUT2D eigenvalue weighted by atomic mass is 16.7. The number of rotatable bonds is 4. The number of nitrogens with zero attached hydrogens (tertiary/aromatic N) is 1. The summed E-state index contributed by atoms with van der Waals surface area (Å²) in [6, 6.07) is 6.00. The summed E-state index contributed by atoms with van der Waals surface area (Å²) in [6.45, 7) is 1.16. The summed E-state index contributed by atoms with van der Waals surface area (Å²) in [6.07, 6.45) is 4.86. The van der Waals surface area contributed by atoms with Gasteiger partial charge in [-0.3, -0.25) is 9.59 Å². The van der Waals surface area contributed by atoms with Crippen LogP contribution in [0.1, 0.15) is 37.7 Å². The molecule has 2 amide bonds. The number of hydrogen-bond donors (Lipinski definition) is 1. The minimum absolute atomic E-state index is 0.0552. The number of nitrogens with one attached hydrogen (secondary N) is 1. The topological polar surface area (TPSA) is 67.9 Å². The van der Waals surface area contributed by atoms with E-state index < -0.39 is 0 Å². The van der Waals surface area contributed by atoms with Crippen LogP contribution in [0.4, 0.5) is 0 Å². The molecule has 1 unspecified atom stereocenters. The van der Waals surface area contributed by atoms with E-state index in [1.54, 1.807) is 0 Å². The Balaban J connectivity index is 1.35. The molecule has 1 aromatic rings. The number of carbonyl (C=O) groups is 2. The fraction of sp³-hybridized carbons (Fsp3) is 0.556. The number of hydrogen-bond acceptors (Lipinski definition) is 4. The lowest BCUT2D eigenvalue weighted by atomic mass is 10.1. The van der Waals surface area contributed by atoms with Crippen LogP contribution in [0, 0.1) is 5.92 Å². The summed E-state index contributed by atoms with van der Waals surface area (Å²) in [5, 5.41) is 2.95. The Morgan fingerprint density at radius 3 is 2.92 bits per heavy atom. The summed E-state index contributed by atoms with van der Waals surface area (Å²) >= 11 is 0. The fourth-order valence-electron chi connectivity index (χ4n) is 3.93. The molecular formula is C18H22N2O4. The van der Waals surface area contributed by atoms with Crippen LogP contribution in [0.15, 0.2) is 18.2 Å². The molecule has 2 fully saturated rings. The Kier molecular flexibility index (Phi) is 4.04. The van der Waals surface area contributed by atoms with E-state index in [4.69, 9.17) is 9.47 Å². The van der Waals surface area contributed by atoms with Gasteiger partial charge in [0.2, 0.25) is 18.6 Å². The second-order valence-electron chi connectivity index (χ2n) is 6.75. The van der Waals surface area contributed by atoms with Crippen LogP contribution in [0.25, 0.3) is 0 Å². The van der Waals surface area contributed by atoms with Crippen molar-refractivity contribution in [3.05, 3.63) is 23.8 Å². The van der Waals surface area contributed by atoms with E-state index in [1.165, 1.54) is 12.8 Å². The number of para-hydroxylation sites is 1. The van der Waals surface area contributed by atoms with Gasteiger partial charge in [-0.2, -0.15) is 0 Å². The van der Waals surface area contributed by atoms with Crippen LogP contribution < -0.4 is 14.8 Å².